The first-order valence-electron chi connectivity index (χ1n) is 5.42. The van der Waals surface area contributed by atoms with Crippen LogP contribution in [0.1, 0.15) is 11.4 Å². The Hall–Kier alpha value is -3.09. The van der Waals surface area contributed by atoms with Gasteiger partial charge in [0.1, 0.15) is 17.4 Å². The molecule has 1 heterocycles. The molecule has 0 spiro atoms. The quantitative estimate of drug-likeness (QED) is 0.746. The highest BCUT2D eigenvalue weighted by atomic mass is 19.4. The lowest BCUT2D eigenvalue weighted by Gasteiger charge is -2.10. The third kappa shape index (κ3) is 3.27. The van der Waals surface area contributed by atoms with E-state index in [4.69, 9.17) is 5.26 Å². The molecule has 0 bridgehead atoms. The van der Waals surface area contributed by atoms with Gasteiger partial charge in [-0.3, -0.25) is 0 Å². The number of aromatic nitrogens is 4. The summed E-state index contributed by atoms with van der Waals surface area (Å²) >= 11 is 0. The monoisotopic (exact) mass is 296 g/mol. The molecule has 0 saturated carbocycles. The fourth-order valence-corrected chi connectivity index (χ4v) is 1.44. The highest BCUT2D eigenvalue weighted by molar-refractivity contribution is 5.74. The van der Waals surface area contributed by atoms with E-state index < -0.39 is 17.5 Å². The van der Waals surface area contributed by atoms with Gasteiger partial charge in [0.05, 0.1) is 5.56 Å². The number of halogens is 3. The minimum atomic E-state index is -4.64. The molecule has 2 rings (SSSR count). The molecule has 10 heteroatoms. The van der Waals surface area contributed by atoms with E-state index in [1.165, 1.54) is 6.20 Å². The molecule has 0 aliphatic rings. The highest BCUT2D eigenvalue weighted by Gasteiger charge is 2.33. The molecule has 0 unspecified atom stereocenters. The number of aromatic amines is 1. The number of H-pyrrole nitrogens is 1. The summed E-state index contributed by atoms with van der Waals surface area (Å²) in [6.07, 6.45) is -3.45. The second kappa shape index (κ2) is 5.49. The van der Waals surface area contributed by atoms with Crippen molar-refractivity contribution in [1.29, 1.82) is 5.26 Å². The lowest BCUT2D eigenvalue weighted by molar-refractivity contribution is -0.138. The Bertz CT molecular complexity index is 702. The summed E-state index contributed by atoms with van der Waals surface area (Å²) in [5, 5.41) is 33.4. The van der Waals surface area contributed by atoms with Crippen LogP contribution in [0.25, 0.3) is 5.57 Å². The Morgan fingerprint density at radius 2 is 2.19 bits per heavy atom. The number of nitriles is 1. The molecular formula is C11H7F3N6O. The third-order valence-electron chi connectivity index (χ3n) is 2.39. The van der Waals surface area contributed by atoms with Crippen LogP contribution in [-0.2, 0) is 6.18 Å². The van der Waals surface area contributed by atoms with Crippen molar-refractivity contribution in [1.82, 2.24) is 20.6 Å². The number of phenols is 1. The van der Waals surface area contributed by atoms with E-state index >= 15 is 0 Å². The second-order valence-corrected chi connectivity index (χ2v) is 3.78. The summed E-state index contributed by atoms with van der Waals surface area (Å²) in [6.45, 7) is 0. The number of benzene rings is 1. The van der Waals surface area contributed by atoms with Crippen molar-refractivity contribution in [2.75, 3.05) is 5.32 Å². The second-order valence-electron chi connectivity index (χ2n) is 3.78. The Labute approximate surface area is 115 Å². The van der Waals surface area contributed by atoms with Gasteiger partial charge in [0.15, 0.2) is 0 Å². The van der Waals surface area contributed by atoms with Crippen LogP contribution in [0.4, 0.5) is 18.9 Å². The predicted molar refractivity (Wildman–Crippen MR) is 64.5 cm³/mol. The Kier molecular flexibility index (Phi) is 3.75. The summed E-state index contributed by atoms with van der Waals surface area (Å²) in [4.78, 5) is 0. The number of hydrogen-bond donors (Lipinski definition) is 3. The number of hydrogen-bond acceptors (Lipinski definition) is 6. The molecule has 0 aliphatic heterocycles. The van der Waals surface area contributed by atoms with Gasteiger partial charge in [-0.05, 0) is 17.3 Å². The molecule has 2 aromatic rings. The van der Waals surface area contributed by atoms with E-state index in [0.717, 1.165) is 18.2 Å². The average molecular weight is 296 g/mol. The highest BCUT2D eigenvalue weighted by Crippen LogP contribution is 2.36. The first-order chi connectivity index (χ1) is 9.91. The number of allylic oxidation sites excluding steroid dienone is 1. The molecule has 0 amide bonds. The smallest absolute Gasteiger partial charge is 0.419 e. The van der Waals surface area contributed by atoms with Crippen molar-refractivity contribution in [3.05, 3.63) is 35.8 Å². The molecule has 0 saturated heterocycles. The van der Waals surface area contributed by atoms with Gasteiger partial charge >= 0.3 is 6.18 Å². The molecular weight excluding hydrogens is 289 g/mol. The zero-order chi connectivity index (χ0) is 15.5. The van der Waals surface area contributed by atoms with Gasteiger partial charge in [-0.2, -0.15) is 23.6 Å². The van der Waals surface area contributed by atoms with Gasteiger partial charge in [-0.15, -0.1) is 10.2 Å². The van der Waals surface area contributed by atoms with E-state index in [2.05, 4.69) is 25.9 Å². The molecule has 7 nitrogen and oxygen atoms in total. The van der Waals surface area contributed by atoms with Crippen LogP contribution in [0.2, 0.25) is 0 Å². The molecule has 1 aromatic heterocycles. The minimum absolute atomic E-state index is 0.0168. The lowest BCUT2D eigenvalue weighted by Crippen LogP contribution is -2.05. The normalized spacial score (nSPS) is 12.0. The van der Waals surface area contributed by atoms with Gasteiger partial charge in [0.2, 0.25) is 5.82 Å². The minimum Gasteiger partial charge on any atom is -0.507 e. The van der Waals surface area contributed by atoms with E-state index in [1.807, 2.05) is 0 Å². The van der Waals surface area contributed by atoms with Gasteiger partial charge < -0.3 is 10.4 Å². The molecule has 3 N–H and O–H groups in total. The largest absolute Gasteiger partial charge is 0.507 e. The third-order valence-corrected chi connectivity index (χ3v) is 2.39. The van der Waals surface area contributed by atoms with Crippen LogP contribution in [0.3, 0.4) is 0 Å². The number of anilines is 1. The molecule has 0 aliphatic carbocycles. The number of alkyl halides is 3. The summed E-state index contributed by atoms with van der Waals surface area (Å²) in [7, 11) is 0. The van der Waals surface area contributed by atoms with Gasteiger partial charge in [0, 0.05) is 18.0 Å². The van der Waals surface area contributed by atoms with Crippen molar-refractivity contribution in [3.8, 4) is 11.8 Å². The number of rotatable bonds is 3. The van der Waals surface area contributed by atoms with E-state index in [1.54, 1.807) is 6.07 Å². The molecule has 108 valence electrons. The molecule has 21 heavy (non-hydrogen) atoms. The fourth-order valence-electron chi connectivity index (χ4n) is 1.44. The standard InChI is InChI=1S/C11H7F3N6O/c12-11(13,14)8-2-1-7(3-9(8)21)16-5-6(4-15)10-17-19-20-18-10/h1-3,5,16,21H,(H,17,18,19,20). The molecule has 0 atom stereocenters. The molecule has 0 radical (unpaired) electrons. The summed E-state index contributed by atoms with van der Waals surface area (Å²) in [5.74, 6) is -0.889. The lowest BCUT2D eigenvalue weighted by atomic mass is 10.1. The summed E-state index contributed by atoms with van der Waals surface area (Å²) in [5.41, 5.74) is -0.962. The van der Waals surface area contributed by atoms with Crippen molar-refractivity contribution in [2.24, 2.45) is 0 Å². The van der Waals surface area contributed by atoms with Gasteiger partial charge in [0.25, 0.3) is 0 Å². The number of aromatic hydroxyl groups is 1. The van der Waals surface area contributed by atoms with Crippen molar-refractivity contribution < 1.29 is 18.3 Å². The van der Waals surface area contributed by atoms with Crippen molar-refractivity contribution >= 4 is 11.3 Å². The first kappa shape index (κ1) is 14.3. The van der Waals surface area contributed by atoms with Crippen LogP contribution in [0.15, 0.2) is 24.4 Å². The van der Waals surface area contributed by atoms with E-state index in [9.17, 15) is 18.3 Å². The molecule has 0 fully saturated rings. The predicted octanol–water partition coefficient (Wildman–Crippen LogP) is 1.90. The van der Waals surface area contributed by atoms with Crippen LogP contribution >= 0.6 is 0 Å². The molecule has 1 aromatic carbocycles. The number of phenolic OH excluding ortho intramolecular Hbond substituents is 1. The fraction of sp³-hybridized carbons (Fsp3) is 0.0909. The maximum atomic E-state index is 12.5. The number of tetrazole rings is 1. The first-order valence-corrected chi connectivity index (χ1v) is 5.42. The van der Waals surface area contributed by atoms with Crippen LogP contribution in [0, 0.1) is 11.3 Å². The van der Waals surface area contributed by atoms with Gasteiger partial charge in [-0.1, -0.05) is 0 Å². The maximum Gasteiger partial charge on any atom is 0.419 e. The van der Waals surface area contributed by atoms with E-state index in [0.29, 0.717) is 0 Å². The zero-order valence-electron chi connectivity index (χ0n) is 10.2. The topological polar surface area (TPSA) is 111 Å². The summed E-state index contributed by atoms with van der Waals surface area (Å²) in [6, 6.07) is 4.53. The van der Waals surface area contributed by atoms with Crippen LogP contribution in [-0.4, -0.2) is 25.7 Å². The Morgan fingerprint density at radius 1 is 1.43 bits per heavy atom. The SMILES string of the molecule is N#CC(=CNc1ccc(C(F)(F)F)c(O)c1)c1nn[nH]n1. The van der Waals surface area contributed by atoms with Crippen molar-refractivity contribution in [3.63, 3.8) is 0 Å². The maximum absolute atomic E-state index is 12.5. The van der Waals surface area contributed by atoms with E-state index in [-0.39, 0.29) is 17.1 Å². The Balaban J connectivity index is 2.21. The van der Waals surface area contributed by atoms with Crippen molar-refractivity contribution in [2.45, 2.75) is 6.18 Å². The van der Waals surface area contributed by atoms with Gasteiger partial charge in [-0.25, -0.2) is 0 Å². The summed E-state index contributed by atoms with van der Waals surface area (Å²) < 4.78 is 37.4. The number of nitrogens with one attached hydrogen (secondary N) is 2. The zero-order valence-corrected chi connectivity index (χ0v) is 10.2. The van der Waals surface area contributed by atoms with Crippen LogP contribution < -0.4 is 5.32 Å². The van der Waals surface area contributed by atoms with Crippen LogP contribution in [0.5, 0.6) is 5.75 Å². The Morgan fingerprint density at radius 3 is 2.71 bits per heavy atom. The average Bonchev–Trinajstić information content (AvgIpc) is 2.92. The number of nitrogens with zero attached hydrogens (tertiary/aromatic N) is 4.